The van der Waals surface area contributed by atoms with Gasteiger partial charge in [0.2, 0.25) is 0 Å². The van der Waals surface area contributed by atoms with Crippen molar-refractivity contribution in [3.05, 3.63) is 28.2 Å². The summed E-state index contributed by atoms with van der Waals surface area (Å²) in [6.45, 7) is 6.10. The first-order valence-electron chi connectivity index (χ1n) is 7.25. The van der Waals surface area contributed by atoms with Crippen molar-refractivity contribution >= 4 is 33.7 Å². The molecule has 0 unspecified atom stereocenters. The zero-order valence-corrected chi connectivity index (χ0v) is 14.4. The smallest absolute Gasteiger partial charge is 0.409 e. The number of carbonyl (C=O) groups is 2. The van der Waals surface area contributed by atoms with Crippen LogP contribution in [-0.2, 0) is 4.74 Å². The summed E-state index contributed by atoms with van der Waals surface area (Å²) in [5, 5.41) is 2.88. The average molecular weight is 370 g/mol. The molecule has 0 aliphatic carbocycles. The number of aryl methyl sites for hydroxylation is 1. The number of ether oxygens (including phenoxy) is 1. The molecule has 1 aliphatic rings. The van der Waals surface area contributed by atoms with Crippen molar-refractivity contribution in [2.75, 3.05) is 38.1 Å². The van der Waals surface area contributed by atoms with Gasteiger partial charge in [-0.15, -0.1) is 0 Å². The lowest BCUT2D eigenvalue weighted by atomic mass is 10.2. The van der Waals surface area contributed by atoms with Crippen molar-refractivity contribution in [2.45, 2.75) is 13.8 Å². The fourth-order valence-corrected chi connectivity index (χ4v) is 2.82. The first-order chi connectivity index (χ1) is 10.5. The van der Waals surface area contributed by atoms with E-state index < -0.39 is 0 Å². The monoisotopic (exact) mass is 369 g/mol. The Balaban J connectivity index is 1.88. The van der Waals surface area contributed by atoms with Crippen LogP contribution < -0.4 is 5.32 Å². The van der Waals surface area contributed by atoms with Gasteiger partial charge in [-0.05, 0) is 47.5 Å². The summed E-state index contributed by atoms with van der Waals surface area (Å²) < 4.78 is 5.81. The van der Waals surface area contributed by atoms with Crippen molar-refractivity contribution < 1.29 is 14.3 Å². The summed E-state index contributed by atoms with van der Waals surface area (Å²) in [4.78, 5) is 27.2. The van der Waals surface area contributed by atoms with E-state index in [0.717, 1.165) is 15.7 Å². The number of carbonyl (C=O) groups excluding carboxylic acids is 2. The quantitative estimate of drug-likeness (QED) is 0.871. The largest absolute Gasteiger partial charge is 0.450 e. The van der Waals surface area contributed by atoms with E-state index in [1.54, 1.807) is 16.7 Å². The highest BCUT2D eigenvalue weighted by molar-refractivity contribution is 9.10. The third-order valence-corrected chi connectivity index (χ3v) is 4.12. The Morgan fingerprint density at radius 2 is 1.86 bits per heavy atom. The predicted molar refractivity (Wildman–Crippen MR) is 88.1 cm³/mol. The van der Waals surface area contributed by atoms with E-state index in [1.165, 1.54) is 0 Å². The molecule has 0 bridgehead atoms. The maximum Gasteiger partial charge on any atom is 0.409 e. The molecule has 22 heavy (non-hydrogen) atoms. The summed E-state index contributed by atoms with van der Waals surface area (Å²) in [5.74, 6) is 0. The van der Waals surface area contributed by atoms with E-state index >= 15 is 0 Å². The van der Waals surface area contributed by atoms with Crippen LogP contribution in [-0.4, -0.2) is 54.7 Å². The minimum Gasteiger partial charge on any atom is -0.450 e. The number of halogens is 1. The van der Waals surface area contributed by atoms with Crippen molar-refractivity contribution in [3.63, 3.8) is 0 Å². The number of nitrogens with one attached hydrogen (secondary N) is 1. The molecule has 120 valence electrons. The van der Waals surface area contributed by atoms with E-state index in [-0.39, 0.29) is 12.1 Å². The van der Waals surface area contributed by atoms with Gasteiger partial charge in [0.05, 0.1) is 12.3 Å². The van der Waals surface area contributed by atoms with Crippen LogP contribution in [0.25, 0.3) is 0 Å². The van der Waals surface area contributed by atoms with Crippen LogP contribution in [0.4, 0.5) is 15.3 Å². The standard InChI is InChI=1S/C15H20BrN3O3/c1-3-22-15(21)19-8-6-18(7-9-19)14(20)17-13-5-4-11(2)10-12(13)16/h4-5,10H,3,6-9H2,1-2H3,(H,17,20). The van der Waals surface area contributed by atoms with Crippen LogP contribution in [0.2, 0.25) is 0 Å². The van der Waals surface area contributed by atoms with Gasteiger partial charge >= 0.3 is 12.1 Å². The second-order valence-corrected chi connectivity index (χ2v) is 5.94. The van der Waals surface area contributed by atoms with Crippen LogP contribution in [0, 0.1) is 6.92 Å². The highest BCUT2D eigenvalue weighted by Gasteiger charge is 2.25. The molecule has 1 heterocycles. The fourth-order valence-electron chi connectivity index (χ4n) is 2.22. The molecule has 0 spiro atoms. The lowest BCUT2D eigenvalue weighted by Crippen LogP contribution is -2.51. The number of hydrogen-bond acceptors (Lipinski definition) is 3. The normalized spacial score (nSPS) is 14.7. The van der Waals surface area contributed by atoms with E-state index in [2.05, 4.69) is 21.2 Å². The average Bonchev–Trinajstić information content (AvgIpc) is 2.50. The highest BCUT2D eigenvalue weighted by Crippen LogP contribution is 2.23. The number of urea groups is 1. The van der Waals surface area contributed by atoms with E-state index in [0.29, 0.717) is 32.8 Å². The van der Waals surface area contributed by atoms with Crippen molar-refractivity contribution in [1.29, 1.82) is 0 Å². The van der Waals surface area contributed by atoms with Gasteiger partial charge in [-0.25, -0.2) is 9.59 Å². The lowest BCUT2D eigenvalue weighted by molar-refractivity contribution is 0.0868. The van der Waals surface area contributed by atoms with E-state index in [1.807, 2.05) is 25.1 Å². The van der Waals surface area contributed by atoms with Gasteiger partial charge in [0.25, 0.3) is 0 Å². The Hall–Kier alpha value is -1.76. The Labute approximate surface area is 138 Å². The molecule has 0 atom stereocenters. The molecular formula is C15H20BrN3O3. The maximum absolute atomic E-state index is 12.3. The van der Waals surface area contributed by atoms with Gasteiger partial charge in [-0.2, -0.15) is 0 Å². The molecule has 1 N–H and O–H groups in total. The molecule has 3 amide bonds. The summed E-state index contributed by atoms with van der Waals surface area (Å²) >= 11 is 3.44. The van der Waals surface area contributed by atoms with Crippen molar-refractivity contribution in [2.24, 2.45) is 0 Å². The first kappa shape index (κ1) is 16.6. The maximum atomic E-state index is 12.3. The van der Waals surface area contributed by atoms with E-state index in [9.17, 15) is 9.59 Å². The minimum atomic E-state index is -0.316. The third-order valence-electron chi connectivity index (χ3n) is 3.46. The van der Waals surface area contributed by atoms with Gasteiger partial charge in [0, 0.05) is 30.7 Å². The summed E-state index contributed by atoms with van der Waals surface area (Å²) in [7, 11) is 0. The molecular weight excluding hydrogens is 350 g/mol. The predicted octanol–water partition coefficient (Wildman–Crippen LogP) is 3.06. The molecule has 0 radical (unpaired) electrons. The Kier molecular flexibility index (Phi) is 5.65. The van der Waals surface area contributed by atoms with Gasteiger partial charge in [-0.1, -0.05) is 6.07 Å². The van der Waals surface area contributed by atoms with Crippen molar-refractivity contribution in [1.82, 2.24) is 9.80 Å². The van der Waals surface area contributed by atoms with Gasteiger partial charge in [0.1, 0.15) is 0 Å². The second-order valence-electron chi connectivity index (χ2n) is 5.09. The molecule has 7 heteroatoms. The number of anilines is 1. The topological polar surface area (TPSA) is 61.9 Å². The van der Waals surface area contributed by atoms with Crippen LogP contribution in [0.1, 0.15) is 12.5 Å². The fraction of sp³-hybridized carbons (Fsp3) is 0.467. The third kappa shape index (κ3) is 4.13. The van der Waals surface area contributed by atoms with Crippen LogP contribution in [0.15, 0.2) is 22.7 Å². The molecule has 1 aliphatic heterocycles. The van der Waals surface area contributed by atoms with Gasteiger partial charge in [-0.3, -0.25) is 0 Å². The Morgan fingerprint density at radius 1 is 1.23 bits per heavy atom. The molecule has 0 aromatic heterocycles. The first-order valence-corrected chi connectivity index (χ1v) is 8.04. The molecule has 2 rings (SSSR count). The molecule has 0 saturated carbocycles. The van der Waals surface area contributed by atoms with Crippen molar-refractivity contribution in [3.8, 4) is 0 Å². The zero-order chi connectivity index (χ0) is 16.1. The Bertz CT molecular complexity index is 557. The van der Waals surface area contributed by atoms with Gasteiger partial charge in [0.15, 0.2) is 0 Å². The molecule has 6 nitrogen and oxygen atoms in total. The number of piperazine rings is 1. The zero-order valence-electron chi connectivity index (χ0n) is 12.8. The van der Waals surface area contributed by atoms with Crippen LogP contribution in [0.3, 0.4) is 0 Å². The summed E-state index contributed by atoms with van der Waals surface area (Å²) in [6, 6.07) is 5.60. The van der Waals surface area contributed by atoms with Crippen LogP contribution in [0.5, 0.6) is 0 Å². The number of rotatable bonds is 2. The molecule has 1 aromatic carbocycles. The Morgan fingerprint density at radius 3 is 2.45 bits per heavy atom. The van der Waals surface area contributed by atoms with Gasteiger partial charge < -0.3 is 19.9 Å². The second kappa shape index (κ2) is 7.49. The SMILES string of the molecule is CCOC(=O)N1CCN(C(=O)Nc2ccc(C)cc2Br)CC1. The van der Waals surface area contributed by atoms with E-state index in [4.69, 9.17) is 4.74 Å². The lowest BCUT2D eigenvalue weighted by Gasteiger charge is -2.34. The number of amides is 3. The number of nitrogens with zero attached hydrogens (tertiary/aromatic N) is 2. The number of hydrogen-bond donors (Lipinski definition) is 1. The molecule has 1 fully saturated rings. The summed E-state index contributed by atoms with van der Waals surface area (Å²) in [5.41, 5.74) is 1.86. The number of benzene rings is 1. The minimum absolute atomic E-state index is 0.159. The molecule has 1 saturated heterocycles. The highest BCUT2D eigenvalue weighted by atomic mass is 79.9. The van der Waals surface area contributed by atoms with Crippen LogP contribution >= 0.6 is 15.9 Å². The summed E-state index contributed by atoms with van der Waals surface area (Å²) in [6.07, 6.45) is -0.316. The molecule has 1 aromatic rings.